The van der Waals surface area contributed by atoms with E-state index in [0.717, 1.165) is 25.0 Å². The predicted octanol–water partition coefficient (Wildman–Crippen LogP) is 1.92. The van der Waals surface area contributed by atoms with Gasteiger partial charge in [-0.05, 0) is 12.8 Å². The molecule has 1 aliphatic rings. The molecule has 1 saturated heterocycles. The second kappa shape index (κ2) is 8.53. The Kier molecular flexibility index (Phi) is 5.68. The number of rotatable bonds is 7. The maximum absolute atomic E-state index is 12.0. The van der Waals surface area contributed by atoms with E-state index >= 15 is 0 Å². The molecule has 1 aromatic carbocycles. The molecule has 28 heavy (non-hydrogen) atoms. The molecule has 0 saturated carbocycles. The molecular weight excluding hydrogens is 380 g/mol. The van der Waals surface area contributed by atoms with Gasteiger partial charge in [0.05, 0.1) is 11.9 Å². The fourth-order valence-electron chi connectivity index (χ4n) is 2.86. The molecule has 9 nitrogen and oxygen atoms in total. The molecule has 0 unspecified atom stereocenters. The van der Waals surface area contributed by atoms with Crippen LogP contribution in [0.4, 0.5) is 0 Å². The molecule has 1 aliphatic heterocycles. The van der Waals surface area contributed by atoms with Crippen molar-refractivity contribution in [1.82, 2.24) is 30.2 Å². The Morgan fingerprint density at radius 2 is 2.18 bits per heavy atom. The molecule has 3 heterocycles. The number of hydrogen-bond acceptors (Lipinski definition) is 8. The minimum Gasteiger partial charge on any atom is -0.376 e. The lowest BCUT2D eigenvalue weighted by Gasteiger charge is -2.10. The van der Waals surface area contributed by atoms with Crippen molar-refractivity contribution in [2.24, 2.45) is 7.05 Å². The van der Waals surface area contributed by atoms with Crippen LogP contribution in [0, 0.1) is 0 Å². The van der Waals surface area contributed by atoms with E-state index in [0.29, 0.717) is 23.4 Å². The molecule has 1 fully saturated rings. The van der Waals surface area contributed by atoms with Gasteiger partial charge in [0.2, 0.25) is 17.6 Å². The van der Waals surface area contributed by atoms with E-state index in [4.69, 9.17) is 9.26 Å². The molecule has 1 amide bonds. The molecule has 146 valence electrons. The summed E-state index contributed by atoms with van der Waals surface area (Å²) in [6.07, 6.45) is 2.18. The fourth-order valence-corrected chi connectivity index (χ4v) is 3.60. The van der Waals surface area contributed by atoms with Crippen LogP contribution in [0.15, 0.2) is 40.0 Å². The van der Waals surface area contributed by atoms with E-state index in [2.05, 4.69) is 25.7 Å². The normalized spacial score (nSPS) is 16.4. The van der Waals surface area contributed by atoms with Crippen LogP contribution < -0.4 is 5.32 Å². The summed E-state index contributed by atoms with van der Waals surface area (Å²) < 4.78 is 12.6. The molecule has 0 radical (unpaired) electrons. The fraction of sp³-hybridized carbons (Fsp3) is 0.389. The van der Waals surface area contributed by atoms with Crippen LogP contribution >= 0.6 is 11.8 Å². The third-order valence-corrected chi connectivity index (χ3v) is 5.39. The smallest absolute Gasteiger partial charge is 0.296 e. The molecule has 2 aromatic heterocycles. The number of amides is 1. The zero-order chi connectivity index (χ0) is 19.3. The molecular formula is C18H20N6O3S. The Hall–Kier alpha value is -2.72. The highest BCUT2D eigenvalue weighted by Crippen LogP contribution is 2.24. The van der Waals surface area contributed by atoms with Gasteiger partial charge in [0.15, 0.2) is 5.16 Å². The number of aromatic nitrogens is 5. The Balaban J connectivity index is 1.36. The summed E-state index contributed by atoms with van der Waals surface area (Å²) in [6, 6.07) is 9.55. The largest absolute Gasteiger partial charge is 0.376 e. The lowest BCUT2D eigenvalue weighted by Crippen LogP contribution is -2.32. The highest BCUT2D eigenvalue weighted by molar-refractivity contribution is 7.99. The van der Waals surface area contributed by atoms with Gasteiger partial charge in [0.1, 0.15) is 0 Å². The van der Waals surface area contributed by atoms with E-state index < -0.39 is 0 Å². The highest BCUT2D eigenvalue weighted by atomic mass is 32.2. The SMILES string of the molecule is Cn1c(SCC(=O)NC[C@H]2CCCO2)nnc1-c1nc(-c2ccccc2)no1. The predicted molar refractivity (Wildman–Crippen MR) is 102 cm³/mol. The minimum absolute atomic E-state index is 0.0609. The van der Waals surface area contributed by atoms with Crippen LogP contribution in [0.3, 0.4) is 0 Å². The van der Waals surface area contributed by atoms with Gasteiger partial charge in [-0.25, -0.2) is 0 Å². The van der Waals surface area contributed by atoms with Crippen LogP contribution in [-0.2, 0) is 16.6 Å². The first-order chi connectivity index (χ1) is 13.7. The van der Waals surface area contributed by atoms with Crippen molar-refractivity contribution < 1.29 is 14.1 Å². The van der Waals surface area contributed by atoms with E-state index in [-0.39, 0.29) is 23.7 Å². The van der Waals surface area contributed by atoms with Gasteiger partial charge in [-0.2, -0.15) is 4.98 Å². The summed E-state index contributed by atoms with van der Waals surface area (Å²) >= 11 is 1.30. The van der Waals surface area contributed by atoms with Gasteiger partial charge < -0.3 is 19.1 Å². The number of carbonyl (C=O) groups excluding carboxylic acids is 1. The van der Waals surface area contributed by atoms with Crippen LogP contribution in [0.2, 0.25) is 0 Å². The summed E-state index contributed by atoms with van der Waals surface area (Å²) in [7, 11) is 1.80. The van der Waals surface area contributed by atoms with Crippen molar-refractivity contribution >= 4 is 17.7 Å². The number of hydrogen-bond donors (Lipinski definition) is 1. The Labute approximate surface area is 165 Å². The standard InChI is InChI=1S/C18H20N6O3S/c1-24-16(17-20-15(23-27-17)12-6-3-2-4-7-12)21-22-18(24)28-11-14(25)19-10-13-8-5-9-26-13/h2-4,6-7,13H,5,8-11H2,1H3,(H,19,25)/t13-/m1/s1. The minimum atomic E-state index is -0.0609. The van der Waals surface area contributed by atoms with Crippen LogP contribution in [0.5, 0.6) is 0 Å². The van der Waals surface area contributed by atoms with E-state index in [9.17, 15) is 4.79 Å². The second-order valence-electron chi connectivity index (χ2n) is 6.38. The van der Waals surface area contributed by atoms with Gasteiger partial charge in [-0.3, -0.25) is 4.79 Å². The maximum atomic E-state index is 12.0. The van der Waals surface area contributed by atoms with Crippen molar-refractivity contribution in [3.05, 3.63) is 30.3 Å². The average Bonchev–Trinajstić information content (AvgIpc) is 3.47. The zero-order valence-corrected chi connectivity index (χ0v) is 16.2. The number of nitrogens with one attached hydrogen (secondary N) is 1. The van der Waals surface area contributed by atoms with Crippen LogP contribution in [0.25, 0.3) is 23.1 Å². The average molecular weight is 400 g/mol. The number of thioether (sulfide) groups is 1. The summed E-state index contributed by atoms with van der Waals surface area (Å²) in [5.74, 6) is 1.41. The first-order valence-electron chi connectivity index (χ1n) is 9.00. The summed E-state index contributed by atoms with van der Waals surface area (Å²) in [6.45, 7) is 1.33. The molecule has 4 rings (SSSR count). The molecule has 0 spiro atoms. The quantitative estimate of drug-likeness (QED) is 0.599. The van der Waals surface area contributed by atoms with Gasteiger partial charge in [0, 0.05) is 25.8 Å². The molecule has 1 N–H and O–H groups in total. The molecule has 1 atom stereocenters. The van der Waals surface area contributed by atoms with Gasteiger partial charge in [0.25, 0.3) is 5.89 Å². The third kappa shape index (κ3) is 4.23. The molecule has 3 aromatic rings. The first kappa shape index (κ1) is 18.6. The molecule has 10 heteroatoms. The van der Waals surface area contributed by atoms with Gasteiger partial charge in [-0.15, -0.1) is 10.2 Å². The van der Waals surface area contributed by atoms with Gasteiger partial charge in [-0.1, -0.05) is 47.3 Å². The molecule has 0 bridgehead atoms. The Morgan fingerprint density at radius 1 is 1.32 bits per heavy atom. The van der Waals surface area contributed by atoms with E-state index in [1.54, 1.807) is 11.6 Å². The number of nitrogens with zero attached hydrogens (tertiary/aromatic N) is 5. The summed E-state index contributed by atoms with van der Waals surface area (Å²) in [5, 5.41) is 15.7. The number of benzene rings is 1. The highest BCUT2D eigenvalue weighted by Gasteiger charge is 2.20. The zero-order valence-electron chi connectivity index (χ0n) is 15.4. The van der Waals surface area contributed by atoms with Crippen LogP contribution in [-0.4, -0.2) is 55.8 Å². The maximum Gasteiger partial charge on any atom is 0.296 e. The van der Waals surface area contributed by atoms with Crippen molar-refractivity contribution in [3.63, 3.8) is 0 Å². The Morgan fingerprint density at radius 3 is 2.96 bits per heavy atom. The molecule has 0 aliphatic carbocycles. The summed E-state index contributed by atoms with van der Waals surface area (Å²) in [5.41, 5.74) is 0.859. The monoisotopic (exact) mass is 400 g/mol. The first-order valence-corrected chi connectivity index (χ1v) is 9.99. The number of carbonyl (C=O) groups is 1. The van der Waals surface area contributed by atoms with Crippen LogP contribution in [0.1, 0.15) is 12.8 Å². The van der Waals surface area contributed by atoms with E-state index in [1.165, 1.54) is 11.8 Å². The van der Waals surface area contributed by atoms with E-state index in [1.807, 2.05) is 30.3 Å². The lowest BCUT2D eigenvalue weighted by atomic mass is 10.2. The lowest BCUT2D eigenvalue weighted by molar-refractivity contribution is -0.119. The number of ether oxygens (including phenoxy) is 1. The van der Waals surface area contributed by atoms with Crippen molar-refractivity contribution in [3.8, 4) is 23.1 Å². The topological polar surface area (TPSA) is 108 Å². The van der Waals surface area contributed by atoms with Crippen molar-refractivity contribution in [1.29, 1.82) is 0 Å². The van der Waals surface area contributed by atoms with Gasteiger partial charge >= 0.3 is 0 Å². The Bertz CT molecular complexity index is 936. The summed E-state index contributed by atoms with van der Waals surface area (Å²) in [4.78, 5) is 16.4. The van der Waals surface area contributed by atoms with Crippen molar-refractivity contribution in [2.45, 2.75) is 24.1 Å². The third-order valence-electron chi connectivity index (χ3n) is 4.37. The second-order valence-corrected chi connectivity index (χ2v) is 7.32. The van der Waals surface area contributed by atoms with Crippen molar-refractivity contribution in [2.75, 3.05) is 18.9 Å².